The minimum Gasteiger partial charge on any atom is -0.478 e. The molecule has 1 fully saturated rings. The average Bonchev–Trinajstić information content (AvgIpc) is 2.94. The van der Waals surface area contributed by atoms with Gasteiger partial charge in [-0.3, -0.25) is 0 Å². The van der Waals surface area contributed by atoms with Crippen LogP contribution >= 0.6 is 35.0 Å². The molecule has 1 aliphatic heterocycles. The fourth-order valence-electron chi connectivity index (χ4n) is 2.06. The van der Waals surface area contributed by atoms with Crippen molar-refractivity contribution in [2.24, 2.45) is 0 Å². The number of carboxylic acid groups (broad SMARTS) is 1. The van der Waals surface area contributed by atoms with Crippen molar-refractivity contribution in [3.05, 3.63) is 27.7 Å². The number of carbonyl (C=O) groups excluding carboxylic acids is 1. The highest BCUT2D eigenvalue weighted by Gasteiger charge is 2.25. The summed E-state index contributed by atoms with van der Waals surface area (Å²) in [5.41, 5.74) is -0.0638. The van der Waals surface area contributed by atoms with Crippen LogP contribution in [0.3, 0.4) is 0 Å². The number of urea groups is 1. The zero-order chi connectivity index (χ0) is 15.6. The van der Waals surface area contributed by atoms with Gasteiger partial charge in [0.2, 0.25) is 0 Å². The van der Waals surface area contributed by atoms with E-state index in [4.69, 9.17) is 23.2 Å². The third kappa shape index (κ3) is 3.75. The van der Waals surface area contributed by atoms with Gasteiger partial charge < -0.3 is 15.3 Å². The fourth-order valence-corrected chi connectivity index (χ4v) is 3.87. The Hall–Kier alpha value is -1.11. The molecule has 1 saturated heterocycles. The van der Waals surface area contributed by atoms with Crippen LogP contribution in [0.4, 0.5) is 10.5 Å². The van der Waals surface area contributed by atoms with E-state index in [2.05, 4.69) is 5.32 Å². The molecule has 1 heterocycles. The topological polar surface area (TPSA) is 69.6 Å². The van der Waals surface area contributed by atoms with Crippen LogP contribution in [0, 0.1) is 0 Å². The van der Waals surface area contributed by atoms with E-state index < -0.39 is 5.97 Å². The number of hydrogen-bond donors (Lipinski definition) is 2. The number of anilines is 1. The molecule has 1 atom stereocenters. The predicted octanol–water partition coefficient (Wildman–Crippen LogP) is 3.66. The molecule has 0 aliphatic carbocycles. The zero-order valence-electron chi connectivity index (χ0n) is 11.2. The lowest BCUT2D eigenvalue weighted by Gasteiger charge is -2.24. The number of carboxylic acids is 1. The molecule has 21 heavy (non-hydrogen) atoms. The molecular weight excluding hydrogens is 335 g/mol. The van der Waals surface area contributed by atoms with Gasteiger partial charge in [-0.1, -0.05) is 23.2 Å². The van der Waals surface area contributed by atoms with E-state index in [1.165, 1.54) is 12.1 Å². The molecule has 1 aromatic carbocycles. The minimum absolute atomic E-state index is 0.0658. The maximum Gasteiger partial charge on any atom is 0.337 e. The number of halogens is 2. The molecule has 0 radical (unpaired) electrons. The average molecular weight is 349 g/mol. The molecule has 114 valence electrons. The van der Waals surface area contributed by atoms with Gasteiger partial charge in [-0.25, -0.2) is 9.59 Å². The second-order valence-electron chi connectivity index (χ2n) is 4.67. The monoisotopic (exact) mass is 348 g/mol. The second-order valence-corrected chi connectivity index (χ2v) is 6.67. The number of amides is 2. The first-order valence-corrected chi connectivity index (χ1v) is 8.15. The van der Waals surface area contributed by atoms with E-state index >= 15 is 0 Å². The highest BCUT2D eigenvalue weighted by Crippen LogP contribution is 2.31. The predicted molar refractivity (Wildman–Crippen MR) is 85.9 cm³/mol. The van der Waals surface area contributed by atoms with Gasteiger partial charge in [-0.05, 0) is 24.3 Å². The van der Waals surface area contributed by atoms with Crippen molar-refractivity contribution >= 4 is 52.7 Å². The Kier molecular flexibility index (Phi) is 5.24. The first-order valence-electron chi connectivity index (χ1n) is 6.24. The van der Waals surface area contributed by atoms with E-state index in [0.717, 1.165) is 17.9 Å². The van der Waals surface area contributed by atoms with E-state index in [1.54, 1.807) is 23.7 Å². The molecule has 2 rings (SSSR count). The van der Waals surface area contributed by atoms with Crippen LogP contribution < -0.4 is 5.32 Å². The van der Waals surface area contributed by atoms with Crippen molar-refractivity contribution < 1.29 is 14.7 Å². The summed E-state index contributed by atoms with van der Waals surface area (Å²) in [5.74, 6) is 0.697. The quantitative estimate of drug-likeness (QED) is 0.874. The van der Waals surface area contributed by atoms with Crippen LogP contribution in [-0.2, 0) is 0 Å². The lowest BCUT2D eigenvalue weighted by atomic mass is 10.1. The van der Waals surface area contributed by atoms with Gasteiger partial charge in [0, 0.05) is 23.9 Å². The number of aromatic carboxylic acids is 1. The molecule has 2 amide bonds. The van der Waals surface area contributed by atoms with E-state index in [0.29, 0.717) is 0 Å². The van der Waals surface area contributed by atoms with Gasteiger partial charge in [0.15, 0.2) is 0 Å². The number of thioether (sulfide) groups is 1. The summed E-state index contributed by atoms with van der Waals surface area (Å²) in [6.45, 7) is 0. The number of hydrogen-bond acceptors (Lipinski definition) is 3. The standard InChI is InChI=1S/C13H14Cl2N2O3S/c1-17(8-2-3-21-6-8)13(20)16-11-9(12(18)19)4-7(14)5-10(11)15/h4-5,8H,2-3,6H2,1H3,(H,16,20)(H,18,19). The Balaban J connectivity index is 2.22. The van der Waals surface area contributed by atoms with Crippen LogP contribution in [0.5, 0.6) is 0 Å². The molecule has 0 spiro atoms. The van der Waals surface area contributed by atoms with E-state index in [1.807, 2.05) is 0 Å². The summed E-state index contributed by atoms with van der Waals surface area (Å²) in [5, 5.41) is 12.1. The Morgan fingerprint density at radius 1 is 1.43 bits per heavy atom. The lowest BCUT2D eigenvalue weighted by molar-refractivity contribution is 0.0698. The van der Waals surface area contributed by atoms with Gasteiger partial charge in [-0.15, -0.1) is 0 Å². The van der Waals surface area contributed by atoms with Crippen LogP contribution in [0.2, 0.25) is 10.0 Å². The van der Waals surface area contributed by atoms with Crippen LogP contribution in [0.15, 0.2) is 12.1 Å². The molecular formula is C13H14Cl2N2O3S. The van der Waals surface area contributed by atoms with E-state index in [-0.39, 0.29) is 33.4 Å². The summed E-state index contributed by atoms with van der Waals surface area (Å²) in [7, 11) is 1.69. The number of carbonyl (C=O) groups is 2. The Bertz CT molecular complexity index is 577. The summed E-state index contributed by atoms with van der Waals surface area (Å²) in [6, 6.07) is 2.43. The summed E-state index contributed by atoms with van der Waals surface area (Å²) >= 11 is 13.6. The van der Waals surface area contributed by atoms with Gasteiger partial charge in [0.05, 0.1) is 16.3 Å². The van der Waals surface area contributed by atoms with Gasteiger partial charge in [0.25, 0.3) is 0 Å². The van der Waals surface area contributed by atoms with Crippen molar-refractivity contribution in [3.63, 3.8) is 0 Å². The summed E-state index contributed by atoms with van der Waals surface area (Å²) in [4.78, 5) is 25.1. The Morgan fingerprint density at radius 3 is 2.71 bits per heavy atom. The zero-order valence-corrected chi connectivity index (χ0v) is 13.6. The number of nitrogens with zero attached hydrogens (tertiary/aromatic N) is 1. The maximum absolute atomic E-state index is 12.2. The fraction of sp³-hybridized carbons (Fsp3) is 0.385. The molecule has 1 aliphatic rings. The maximum atomic E-state index is 12.2. The first-order chi connectivity index (χ1) is 9.90. The van der Waals surface area contributed by atoms with Crippen molar-refractivity contribution in [2.75, 3.05) is 23.9 Å². The van der Waals surface area contributed by atoms with Crippen molar-refractivity contribution in [1.29, 1.82) is 0 Å². The normalized spacial score (nSPS) is 17.6. The van der Waals surface area contributed by atoms with E-state index in [9.17, 15) is 14.7 Å². The van der Waals surface area contributed by atoms with Crippen LogP contribution in [0.25, 0.3) is 0 Å². The van der Waals surface area contributed by atoms with Gasteiger partial charge >= 0.3 is 12.0 Å². The largest absolute Gasteiger partial charge is 0.478 e. The second kappa shape index (κ2) is 6.77. The van der Waals surface area contributed by atoms with Gasteiger partial charge in [0.1, 0.15) is 0 Å². The number of benzene rings is 1. The molecule has 2 N–H and O–H groups in total. The minimum atomic E-state index is -1.20. The number of nitrogens with one attached hydrogen (secondary N) is 1. The highest BCUT2D eigenvalue weighted by atomic mass is 35.5. The van der Waals surface area contributed by atoms with Gasteiger partial charge in [-0.2, -0.15) is 11.8 Å². The van der Waals surface area contributed by atoms with Crippen LogP contribution in [0.1, 0.15) is 16.8 Å². The lowest BCUT2D eigenvalue weighted by Crippen LogP contribution is -2.40. The molecule has 1 unspecified atom stereocenters. The first kappa shape index (κ1) is 16.3. The molecule has 0 aromatic heterocycles. The summed E-state index contributed by atoms with van der Waals surface area (Å²) < 4.78 is 0. The molecule has 8 heteroatoms. The third-order valence-corrected chi connectivity index (χ3v) is 4.95. The number of rotatable bonds is 3. The van der Waals surface area contributed by atoms with Crippen molar-refractivity contribution in [2.45, 2.75) is 12.5 Å². The molecule has 1 aromatic rings. The Morgan fingerprint density at radius 2 is 2.14 bits per heavy atom. The molecule has 0 bridgehead atoms. The Labute approximate surface area is 136 Å². The molecule has 5 nitrogen and oxygen atoms in total. The smallest absolute Gasteiger partial charge is 0.337 e. The third-order valence-electron chi connectivity index (χ3n) is 3.29. The summed E-state index contributed by atoms with van der Waals surface area (Å²) in [6.07, 6.45) is 0.925. The molecule has 0 saturated carbocycles. The van der Waals surface area contributed by atoms with Crippen LogP contribution in [-0.4, -0.2) is 46.6 Å². The highest BCUT2D eigenvalue weighted by molar-refractivity contribution is 7.99. The SMILES string of the molecule is CN(C(=O)Nc1c(Cl)cc(Cl)cc1C(=O)O)C1CCSC1. The van der Waals surface area contributed by atoms with Crippen molar-refractivity contribution in [1.82, 2.24) is 4.90 Å². The van der Waals surface area contributed by atoms with Crippen molar-refractivity contribution in [3.8, 4) is 0 Å².